The van der Waals surface area contributed by atoms with Crippen LogP contribution in [0.2, 0.25) is 0 Å². The van der Waals surface area contributed by atoms with Crippen molar-refractivity contribution < 1.29 is 9.53 Å². The van der Waals surface area contributed by atoms with Gasteiger partial charge in [0.1, 0.15) is 5.69 Å². The summed E-state index contributed by atoms with van der Waals surface area (Å²) in [6, 6.07) is 0. The Labute approximate surface area is 67.7 Å². The standard InChI is InChI=1S/C6H9N3O3/c1-12-5(10)4-3(2-7)8-6(11)9-4/h2,7H2,1H3,(H2,8,9,11). The molecule has 0 unspecified atom stereocenters. The van der Waals surface area contributed by atoms with Crippen molar-refractivity contribution in [1.82, 2.24) is 9.97 Å². The third-order valence-electron chi connectivity index (χ3n) is 1.40. The van der Waals surface area contributed by atoms with Crippen LogP contribution in [0.25, 0.3) is 0 Å². The molecule has 0 atom stereocenters. The fourth-order valence-corrected chi connectivity index (χ4v) is 0.849. The van der Waals surface area contributed by atoms with Gasteiger partial charge < -0.3 is 15.5 Å². The van der Waals surface area contributed by atoms with E-state index >= 15 is 0 Å². The first kappa shape index (κ1) is 8.54. The second-order valence-corrected chi connectivity index (χ2v) is 2.13. The molecule has 4 N–H and O–H groups in total. The Morgan fingerprint density at radius 1 is 1.58 bits per heavy atom. The number of nitrogens with two attached hydrogens (primary N) is 1. The first-order valence-corrected chi connectivity index (χ1v) is 3.28. The number of hydrogen-bond acceptors (Lipinski definition) is 4. The van der Waals surface area contributed by atoms with E-state index in [1.165, 1.54) is 7.11 Å². The van der Waals surface area contributed by atoms with Gasteiger partial charge in [0.25, 0.3) is 0 Å². The highest BCUT2D eigenvalue weighted by Gasteiger charge is 2.13. The minimum Gasteiger partial charge on any atom is -0.464 e. The molecule has 1 heterocycles. The lowest BCUT2D eigenvalue weighted by molar-refractivity contribution is 0.0593. The van der Waals surface area contributed by atoms with E-state index in [1.54, 1.807) is 0 Å². The summed E-state index contributed by atoms with van der Waals surface area (Å²) in [5.74, 6) is -0.603. The van der Waals surface area contributed by atoms with Crippen molar-refractivity contribution in [3.63, 3.8) is 0 Å². The van der Waals surface area contributed by atoms with Gasteiger partial charge in [-0.3, -0.25) is 4.98 Å². The van der Waals surface area contributed by atoms with Gasteiger partial charge in [-0.15, -0.1) is 0 Å². The summed E-state index contributed by atoms with van der Waals surface area (Å²) in [5.41, 5.74) is 5.24. The molecule has 1 aromatic rings. The van der Waals surface area contributed by atoms with Gasteiger partial charge in [0.05, 0.1) is 12.8 Å². The Morgan fingerprint density at radius 2 is 2.25 bits per heavy atom. The average Bonchev–Trinajstić information content (AvgIpc) is 2.45. The Kier molecular flexibility index (Phi) is 2.29. The monoisotopic (exact) mass is 171 g/mol. The summed E-state index contributed by atoms with van der Waals surface area (Å²) in [6.45, 7) is 0.0865. The van der Waals surface area contributed by atoms with E-state index in [9.17, 15) is 9.59 Å². The molecule has 0 saturated heterocycles. The number of aromatic nitrogens is 2. The largest absolute Gasteiger partial charge is 0.464 e. The first-order chi connectivity index (χ1) is 5.69. The second-order valence-electron chi connectivity index (χ2n) is 2.13. The first-order valence-electron chi connectivity index (χ1n) is 3.28. The molecule has 0 aliphatic carbocycles. The van der Waals surface area contributed by atoms with E-state index in [0.717, 1.165) is 0 Å². The van der Waals surface area contributed by atoms with Gasteiger partial charge in [-0.1, -0.05) is 0 Å². The molecule has 66 valence electrons. The summed E-state index contributed by atoms with van der Waals surface area (Å²) >= 11 is 0. The van der Waals surface area contributed by atoms with Crippen LogP contribution in [0.4, 0.5) is 0 Å². The number of nitrogens with one attached hydrogen (secondary N) is 2. The lowest BCUT2D eigenvalue weighted by Gasteiger charge is -1.96. The van der Waals surface area contributed by atoms with Crippen LogP contribution in [-0.2, 0) is 11.3 Å². The predicted octanol–water partition coefficient (Wildman–Crippen LogP) is -1.05. The van der Waals surface area contributed by atoms with Crippen LogP contribution in [-0.4, -0.2) is 23.0 Å². The summed E-state index contributed by atoms with van der Waals surface area (Å²) in [4.78, 5) is 26.3. The SMILES string of the molecule is COC(=O)c1[nH]c(=O)[nH]c1CN. The quantitative estimate of drug-likeness (QED) is 0.494. The van der Waals surface area contributed by atoms with Crippen LogP contribution in [0.3, 0.4) is 0 Å². The minimum absolute atomic E-state index is 0.0865. The summed E-state index contributed by atoms with van der Waals surface area (Å²) in [5, 5.41) is 0. The van der Waals surface area contributed by atoms with Crippen molar-refractivity contribution in [1.29, 1.82) is 0 Å². The van der Waals surface area contributed by atoms with E-state index in [-0.39, 0.29) is 12.2 Å². The summed E-state index contributed by atoms with van der Waals surface area (Å²) in [6.07, 6.45) is 0. The second kappa shape index (κ2) is 3.22. The Balaban J connectivity index is 3.13. The van der Waals surface area contributed by atoms with Crippen LogP contribution in [0.1, 0.15) is 16.2 Å². The fraction of sp³-hybridized carbons (Fsp3) is 0.333. The van der Waals surface area contributed by atoms with Crippen LogP contribution < -0.4 is 11.4 Å². The van der Waals surface area contributed by atoms with E-state index in [1.807, 2.05) is 0 Å². The highest BCUT2D eigenvalue weighted by Crippen LogP contribution is 1.99. The molecule has 0 fully saturated rings. The Morgan fingerprint density at radius 3 is 2.75 bits per heavy atom. The molecule has 0 radical (unpaired) electrons. The van der Waals surface area contributed by atoms with Gasteiger partial charge in [-0.2, -0.15) is 0 Å². The van der Waals surface area contributed by atoms with Gasteiger partial charge in [-0.05, 0) is 0 Å². The van der Waals surface area contributed by atoms with Gasteiger partial charge in [0.15, 0.2) is 0 Å². The fourth-order valence-electron chi connectivity index (χ4n) is 0.849. The number of esters is 1. The average molecular weight is 171 g/mol. The number of imidazole rings is 1. The molecule has 0 aliphatic heterocycles. The van der Waals surface area contributed by atoms with E-state index in [0.29, 0.717) is 5.69 Å². The van der Waals surface area contributed by atoms with E-state index in [4.69, 9.17) is 5.73 Å². The van der Waals surface area contributed by atoms with Crippen LogP contribution >= 0.6 is 0 Å². The topological polar surface area (TPSA) is 101 Å². The lowest BCUT2D eigenvalue weighted by Crippen LogP contribution is -2.08. The zero-order valence-corrected chi connectivity index (χ0v) is 6.51. The maximum absolute atomic E-state index is 10.9. The third kappa shape index (κ3) is 1.37. The van der Waals surface area contributed by atoms with Crippen molar-refractivity contribution in [3.8, 4) is 0 Å². The number of hydrogen-bond donors (Lipinski definition) is 3. The molecular formula is C6H9N3O3. The molecule has 0 saturated carbocycles. The van der Waals surface area contributed by atoms with E-state index in [2.05, 4.69) is 14.7 Å². The van der Waals surface area contributed by atoms with Crippen molar-refractivity contribution in [2.24, 2.45) is 5.73 Å². The molecule has 1 rings (SSSR count). The lowest BCUT2D eigenvalue weighted by atomic mass is 10.3. The predicted molar refractivity (Wildman–Crippen MR) is 40.6 cm³/mol. The van der Waals surface area contributed by atoms with Crippen molar-refractivity contribution >= 4 is 5.97 Å². The van der Waals surface area contributed by atoms with Gasteiger partial charge >= 0.3 is 11.7 Å². The van der Waals surface area contributed by atoms with Gasteiger partial charge in [0, 0.05) is 6.54 Å². The number of ether oxygens (including phenoxy) is 1. The molecule has 1 aromatic heterocycles. The molecule has 0 aromatic carbocycles. The highest BCUT2D eigenvalue weighted by molar-refractivity contribution is 5.88. The smallest absolute Gasteiger partial charge is 0.356 e. The zero-order chi connectivity index (χ0) is 9.14. The van der Waals surface area contributed by atoms with Crippen LogP contribution in [0, 0.1) is 0 Å². The van der Waals surface area contributed by atoms with Gasteiger partial charge in [-0.25, -0.2) is 9.59 Å². The number of rotatable bonds is 2. The number of H-pyrrole nitrogens is 2. The molecule has 6 heteroatoms. The number of carbonyl (C=O) groups is 1. The maximum Gasteiger partial charge on any atom is 0.356 e. The van der Waals surface area contributed by atoms with E-state index < -0.39 is 11.7 Å². The normalized spacial score (nSPS) is 9.83. The Bertz CT molecular complexity index is 338. The molecule has 0 bridgehead atoms. The molecule has 0 aliphatic rings. The number of methoxy groups -OCH3 is 1. The van der Waals surface area contributed by atoms with Crippen molar-refractivity contribution in [3.05, 3.63) is 21.9 Å². The Hall–Kier alpha value is -1.56. The minimum atomic E-state index is -0.603. The molecule has 0 spiro atoms. The molecule has 6 nitrogen and oxygen atoms in total. The maximum atomic E-state index is 10.9. The number of carbonyl (C=O) groups excluding carboxylic acids is 1. The third-order valence-corrected chi connectivity index (χ3v) is 1.40. The zero-order valence-electron chi connectivity index (χ0n) is 6.51. The van der Waals surface area contributed by atoms with Crippen molar-refractivity contribution in [2.45, 2.75) is 6.54 Å². The molecule has 12 heavy (non-hydrogen) atoms. The summed E-state index contributed by atoms with van der Waals surface area (Å²) in [7, 11) is 1.23. The molecule has 0 amide bonds. The highest BCUT2D eigenvalue weighted by atomic mass is 16.5. The van der Waals surface area contributed by atoms with Crippen molar-refractivity contribution in [2.75, 3.05) is 7.11 Å². The molecular weight excluding hydrogens is 162 g/mol. The van der Waals surface area contributed by atoms with Crippen LogP contribution in [0.5, 0.6) is 0 Å². The van der Waals surface area contributed by atoms with Gasteiger partial charge in [0.2, 0.25) is 0 Å². The number of aromatic amines is 2. The summed E-state index contributed by atoms with van der Waals surface area (Å²) < 4.78 is 4.41. The van der Waals surface area contributed by atoms with Crippen LogP contribution in [0.15, 0.2) is 4.79 Å².